The van der Waals surface area contributed by atoms with Crippen molar-refractivity contribution >= 4 is 42.1 Å². The molecule has 0 saturated heterocycles. The first-order valence-electron chi connectivity index (χ1n) is 6.08. The number of rotatable bonds is 5. The number of halogens is 2. The van der Waals surface area contributed by atoms with Gasteiger partial charge in [0.25, 0.3) is 0 Å². The van der Waals surface area contributed by atoms with Gasteiger partial charge in [-0.15, -0.1) is 36.2 Å². The molecule has 0 radical (unpaired) electrons. The minimum atomic E-state index is -0.134. The van der Waals surface area contributed by atoms with Crippen LogP contribution in [0.15, 0.2) is 21.9 Å². The van der Waals surface area contributed by atoms with Gasteiger partial charge in [0.15, 0.2) is 5.76 Å². The number of furan rings is 1. The summed E-state index contributed by atoms with van der Waals surface area (Å²) in [6.45, 7) is 4.12. The Labute approximate surface area is 140 Å². The fourth-order valence-electron chi connectivity index (χ4n) is 1.64. The number of carbonyl (C=O) groups excluding carboxylic acids is 1. The molecule has 0 aromatic carbocycles. The Morgan fingerprint density at radius 3 is 2.76 bits per heavy atom. The lowest BCUT2D eigenvalue weighted by Gasteiger charge is -2.05. The van der Waals surface area contributed by atoms with E-state index in [2.05, 4.69) is 10.3 Å². The predicted octanol–water partition coefficient (Wildman–Crippen LogP) is 2.91. The minimum Gasteiger partial charge on any atom is -0.458 e. The van der Waals surface area contributed by atoms with Crippen molar-refractivity contribution in [3.63, 3.8) is 0 Å². The second kappa shape index (κ2) is 9.04. The topological polar surface area (TPSA) is 81.2 Å². The predicted molar refractivity (Wildman–Crippen MR) is 89.2 cm³/mol. The van der Waals surface area contributed by atoms with Crippen molar-refractivity contribution in [2.75, 3.05) is 0 Å². The lowest BCUT2D eigenvalue weighted by molar-refractivity contribution is -0.121. The Kier molecular flexibility index (Phi) is 8.58. The van der Waals surface area contributed by atoms with Gasteiger partial charge in [0, 0.05) is 17.8 Å². The maximum absolute atomic E-state index is 11.5. The van der Waals surface area contributed by atoms with E-state index in [1.54, 1.807) is 18.3 Å². The fourth-order valence-corrected chi connectivity index (χ4v) is 2.24. The second-order valence-corrected chi connectivity index (χ2v) is 5.54. The molecule has 0 spiro atoms. The van der Waals surface area contributed by atoms with Gasteiger partial charge in [0.2, 0.25) is 5.91 Å². The number of hydrogen-bond acceptors (Lipinski definition) is 5. The van der Waals surface area contributed by atoms with Crippen molar-refractivity contribution in [1.29, 1.82) is 0 Å². The molecule has 1 amide bonds. The van der Waals surface area contributed by atoms with E-state index in [1.165, 1.54) is 0 Å². The third-order valence-corrected chi connectivity index (χ3v) is 3.27. The number of aryl methyl sites for hydroxylation is 1. The van der Waals surface area contributed by atoms with Crippen molar-refractivity contribution in [2.24, 2.45) is 5.73 Å². The van der Waals surface area contributed by atoms with E-state index in [1.807, 2.05) is 24.4 Å². The highest BCUT2D eigenvalue weighted by atomic mass is 35.5. The Hall–Kier alpha value is -1.08. The van der Waals surface area contributed by atoms with E-state index >= 15 is 0 Å². The van der Waals surface area contributed by atoms with E-state index in [0.717, 1.165) is 16.5 Å². The van der Waals surface area contributed by atoms with Gasteiger partial charge in [0.1, 0.15) is 11.5 Å². The van der Waals surface area contributed by atoms with Crippen LogP contribution in [0.2, 0.25) is 0 Å². The molecule has 2 rings (SSSR count). The van der Waals surface area contributed by atoms with Crippen molar-refractivity contribution in [1.82, 2.24) is 10.3 Å². The third-order valence-electron chi connectivity index (χ3n) is 2.50. The maximum Gasteiger partial charge on any atom is 0.221 e. The highest BCUT2D eigenvalue weighted by molar-refractivity contribution is 7.09. The zero-order chi connectivity index (χ0) is 13.8. The first-order valence-corrected chi connectivity index (χ1v) is 6.96. The van der Waals surface area contributed by atoms with Crippen LogP contribution >= 0.6 is 36.2 Å². The van der Waals surface area contributed by atoms with Crippen LogP contribution in [0.3, 0.4) is 0 Å². The normalized spacial score (nSPS) is 11.2. The van der Waals surface area contributed by atoms with Crippen LogP contribution < -0.4 is 11.1 Å². The van der Waals surface area contributed by atoms with Crippen LogP contribution in [0.4, 0.5) is 0 Å². The van der Waals surface area contributed by atoms with E-state index in [9.17, 15) is 4.79 Å². The largest absolute Gasteiger partial charge is 0.458 e. The molecule has 0 fully saturated rings. The molecule has 2 aromatic rings. The molecule has 0 saturated carbocycles. The molecule has 1 atom stereocenters. The van der Waals surface area contributed by atoms with Gasteiger partial charge in [0.05, 0.1) is 11.6 Å². The molecule has 2 aromatic heterocycles. The number of aromatic nitrogens is 1. The molecular weight excluding hydrogens is 333 g/mol. The van der Waals surface area contributed by atoms with Gasteiger partial charge in [-0.2, -0.15) is 0 Å². The van der Waals surface area contributed by atoms with Gasteiger partial charge in [-0.1, -0.05) is 0 Å². The van der Waals surface area contributed by atoms with E-state index in [4.69, 9.17) is 10.2 Å². The highest BCUT2D eigenvalue weighted by Gasteiger charge is 2.09. The Bertz CT molecular complexity index is 569. The van der Waals surface area contributed by atoms with Crippen molar-refractivity contribution in [3.8, 4) is 11.5 Å². The maximum atomic E-state index is 11.5. The Morgan fingerprint density at radius 2 is 2.19 bits per heavy atom. The zero-order valence-electron chi connectivity index (χ0n) is 11.8. The van der Waals surface area contributed by atoms with Crippen molar-refractivity contribution < 1.29 is 9.21 Å². The zero-order valence-corrected chi connectivity index (χ0v) is 14.2. The summed E-state index contributed by atoms with van der Waals surface area (Å²) in [5, 5.41) is 5.72. The molecule has 0 aliphatic carbocycles. The Balaban J connectivity index is 0.00000200. The fraction of sp³-hybridized carbons (Fsp3) is 0.385. The molecule has 2 heterocycles. The van der Waals surface area contributed by atoms with Crippen LogP contribution in [0.1, 0.15) is 24.1 Å². The standard InChI is InChI=1S/C13H17N3O2S.2ClH/c1-8(14)5-13(17)15-6-10-3-4-12(18-10)11-7-19-9(2)16-11;;/h3-4,7-8H,5-6,14H2,1-2H3,(H,15,17);2*1H. The van der Waals surface area contributed by atoms with E-state index in [-0.39, 0.29) is 36.8 Å². The number of nitrogens with two attached hydrogens (primary N) is 1. The number of carbonyl (C=O) groups is 1. The Morgan fingerprint density at radius 1 is 1.48 bits per heavy atom. The number of nitrogens with one attached hydrogen (secondary N) is 1. The minimum absolute atomic E-state index is 0. The average molecular weight is 352 g/mol. The van der Waals surface area contributed by atoms with Gasteiger partial charge in [-0.25, -0.2) is 4.98 Å². The summed E-state index contributed by atoms with van der Waals surface area (Å²) in [5.74, 6) is 1.36. The van der Waals surface area contributed by atoms with Crippen LogP contribution in [0.25, 0.3) is 11.5 Å². The van der Waals surface area contributed by atoms with Crippen LogP contribution in [-0.2, 0) is 11.3 Å². The molecular formula is C13H19Cl2N3O2S. The number of nitrogens with zero attached hydrogens (tertiary/aromatic N) is 1. The monoisotopic (exact) mass is 351 g/mol. The van der Waals surface area contributed by atoms with Crippen LogP contribution in [0, 0.1) is 6.92 Å². The lowest BCUT2D eigenvalue weighted by Crippen LogP contribution is -2.29. The van der Waals surface area contributed by atoms with Gasteiger partial charge < -0.3 is 15.5 Å². The lowest BCUT2D eigenvalue weighted by atomic mass is 10.2. The van der Waals surface area contributed by atoms with Gasteiger partial charge >= 0.3 is 0 Å². The van der Waals surface area contributed by atoms with Gasteiger partial charge in [-0.05, 0) is 26.0 Å². The molecule has 5 nitrogen and oxygen atoms in total. The molecule has 8 heteroatoms. The summed E-state index contributed by atoms with van der Waals surface area (Å²) in [6, 6.07) is 3.57. The van der Waals surface area contributed by atoms with Crippen molar-refractivity contribution in [2.45, 2.75) is 32.9 Å². The van der Waals surface area contributed by atoms with Gasteiger partial charge in [-0.3, -0.25) is 4.79 Å². The average Bonchev–Trinajstić information content (AvgIpc) is 2.94. The van der Waals surface area contributed by atoms with E-state index < -0.39 is 0 Å². The third kappa shape index (κ3) is 6.05. The summed E-state index contributed by atoms with van der Waals surface area (Å²) in [6.07, 6.45) is 0.318. The quantitative estimate of drug-likeness (QED) is 0.867. The molecule has 0 aliphatic heterocycles. The second-order valence-electron chi connectivity index (χ2n) is 4.48. The smallest absolute Gasteiger partial charge is 0.221 e. The summed E-state index contributed by atoms with van der Waals surface area (Å²) >= 11 is 1.58. The first-order chi connectivity index (χ1) is 9.04. The van der Waals surface area contributed by atoms with Crippen LogP contribution in [0.5, 0.6) is 0 Å². The summed E-state index contributed by atoms with van der Waals surface area (Å²) in [7, 11) is 0. The number of hydrogen-bond donors (Lipinski definition) is 2. The summed E-state index contributed by atoms with van der Waals surface area (Å²) in [4.78, 5) is 15.8. The molecule has 21 heavy (non-hydrogen) atoms. The summed E-state index contributed by atoms with van der Waals surface area (Å²) in [5.41, 5.74) is 6.38. The molecule has 118 valence electrons. The molecule has 3 N–H and O–H groups in total. The van der Waals surface area contributed by atoms with Crippen molar-refractivity contribution in [3.05, 3.63) is 28.3 Å². The van der Waals surface area contributed by atoms with Crippen LogP contribution in [-0.4, -0.2) is 16.9 Å². The number of amides is 1. The SMILES string of the molecule is Cc1nc(-c2ccc(CNC(=O)CC(C)N)o2)cs1.Cl.Cl. The highest BCUT2D eigenvalue weighted by Crippen LogP contribution is 2.23. The van der Waals surface area contributed by atoms with E-state index in [0.29, 0.717) is 18.7 Å². The first kappa shape index (κ1) is 19.9. The molecule has 1 unspecified atom stereocenters. The summed E-state index contributed by atoms with van der Waals surface area (Å²) < 4.78 is 5.64. The molecule has 0 aliphatic rings. The number of thiazole rings is 1. The molecule has 0 bridgehead atoms.